The molecule has 3 aromatic rings. The molecule has 0 saturated heterocycles. The lowest BCUT2D eigenvalue weighted by molar-refractivity contribution is -0.139. The van der Waals surface area contributed by atoms with E-state index in [2.05, 4.69) is 36.2 Å². The number of thiazole rings is 1. The summed E-state index contributed by atoms with van der Waals surface area (Å²) >= 11 is 1.64. The Morgan fingerprint density at radius 2 is 1.94 bits per heavy atom. The average molecular weight is 506 g/mol. The van der Waals surface area contributed by atoms with E-state index in [9.17, 15) is 4.79 Å². The quantitative estimate of drug-likeness (QED) is 0.288. The fraction of sp³-hybridized carbons (Fsp3) is 0.333. The van der Waals surface area contributed by atoms with Gasteiger partial charge in [-0.05, 0) is 67.5 Å². The van der Waals surface area contributed by atoms with Crippen LogP contribution in [0.25, 0.3) is 23.4 Å². The van der Waals surface area contributed by atoms with Crippen molar-refractivity contribution in [1.82, 2.24) is 4.98 Å². The third-order valence-corrected chi connectivity index (χ3v) is 6.66. The maximum absolute atomic E-state index is 10.9. The van der Waals surface area contributed by atoms with Gasteiger partial charge in [0.1, 0.15) is 11.5 Å². The molecule has 0 unspecified atom stereocenters. The number of hydrogen-bond acceptors (Lipinski definition) is 5. The van der Waals surface area contributed by atoms with Crippen LogP contribution >= 0.6 is 11.3 Å². The van der Waals surface area contributed by atoms with Crippen LogP contribution in [-0.4, -0.2) is 29.3 Å². The molecule has 1 aliphatic carbocycles. The second-order valence-electron chi connectivity index (χ2n) is 8.38. The molecule has 0 aliphatic heterocycles. The molecule has 1 heterocycles. The van der Waals surface area contributed by atoms with E-state index in [0.717, 1.165) is 63.5 Å². The van der Waals surface area contributed by atoms with Gasteiger partial charge in [-0.25, -0.2) is 9.78 Å². The summed E-state index contributed by atoms with van der Waals surface area (Å²) in [7, 11) is 0. The third kappa shape index (κ3) is 7.08. The number of carbonyl (C=O) groups is 1. The van der Waals surface area contributed by atoms with Crippen molar-refractivity contribution in [3.05, 3.63) is 75.6 Å². The lowest BCUT2D eigenvalue weighted by atomic mass is 10.0. The van der Waals surface area contributed by atoms with Crippen molar-refractivity contribution in [3.63, 3.8) is 0 Å². The molecule has 0 amide bonds. The molecule has 0 bridgehead atoms. The molecule has 0 radical (unpaired) electrons. The average Bonchev–Trinajstić information content (AvgIpc) is 3.62. The minimum absolute atomic E-state index is 0.343. The van der Waals surface area contributed by atoms with Crippen molar-refractivity contribution < 1.29 is 19.4 Å². The molecule has 6 heteroatoms. The Bertz CT molecular complexity index is 1220. The molecular weight excluding hydrogens is 470 g/mol. The van der Waals surface area contributed by atoms with Crippen molar-refractivity contribution in [2.45, 2.75) is 52.9 Å². The molecule has 1 aromatic heterocycles. The van der Waals surface area contributed by atoms with Gasteiger partial charge in [0.25, 0.3) is 0 Å². The molecule has 0 spiro atoms. The van der Waals surface area contributed by atoms with Crippen molar-refractivity contribution in [2.75, 3.05) is 13.2 Å². The molecule has 4 rings (SSSR count). The molecular formula is C30H35NO4S. The van der Waals surface area contributed by atoms with Crippen LogP contribution in [0.2, 0.25) is 0 Å². The molecule has 1 N–H and O–H groups in total. The Labute approximate surface area is 218 Å². The number of nitrogens with zero attached hydrogens (tertiary/aromatic N) is 1. The highest BCUT2D eigenvalue weighted by atomic mass is 32.1. The van der Waals surface area contributed by atoms with Gasteiger partial charge >= 0.3 is 5.97 Å². The van der Waals surface area contributed by atoms with Crippen LogP contribution in [0.4, 0.5) is 0 Å². The summed E-state index contributed by atoms with van der Waals surface area (Å²) < 4.78 is 11.6. The molecule has 36 heavy (non-hydrogen) atoms. The lowest BCUT2D eigenvalue weighted by Crippen LogP contribution is -2.11. The molecule has 1 saturated carbocycles. The zero-order valence-electron chi connectivity index (χ0n) is 21.5. The Kier molecular flexibility index (Phi) is 9.88. The summed E-state index contributed by atoms with van der Waals surface area (Å²) in [6.07, 6.45) is 8.93. The SMILES string of the molecule is C=Cc1ccc(-c2csc(CCOc3cc(C)c(OCC(=O)O)cc3C3CC3)n2)cc1/C=C\C.CC. The molecule has 5 nitrogen and oxygen atoms in total. The van der Waals surface area contributed by atoms with Crippen LogP contribution in [-0.2, 0) is 11.2 Å². The molecule has 0 atom stereocenters. The van der Waals surface area contributed by atoms with Crippen molar-refractivity contribution in [1.29, 1.82) is 0 Å². The van der Waals surface area contributed by atoms with E-state index in [1.165, 1.54) is 0 Å². The van der Waals surface area contributed by atoms with E-state index >= 15 is 0 Å². The summed E-state index contributed by atoms with van der Waals surface area (Å²) in [6.45, 7) is 12.0. The predicted molar refractivity (Wildman–Crippen MR) is 149 cm³/mol. The minimum atomic E-state index is -0.981. The van der Waals surface area contributed by atoms with Crippen molar-refractivity contribution in [2.24, 2.45) is 0 Å². The summed E-state index contributed by atoms with van der Waals surface area (Å²) in [5.41, 5.74) is 6.27. The van der Waals surface area contributed by atoms with E-state index in [4.69, 9.17) is 19.6 Å². The standard InChI is InChI=1S/C28H29NO4S.C2H6/c1-4-6-21-14-22(10-7-19(21)5-2)24-17-34-27(29-24)11-12-32-26-13-18(3)25(33-16-28(30)31)15-23(26)20-8-9-20;1-2/h4-7,10,13-15,17,20H,2,8-9,11-12,16H2,1,3H3,(H,30,31);1-2H3/b6-4-;. The van der Waals surface area contributed by atoms with Crippen LogP contribution in [0.15, 0.2) is 48.4 Å². The second-order valence-corrected chi connectivity index (χ2v) is 9.33. The number of aromatic nitrogens is 1. The highest BCUT2D eigenvalue weighted by Gasteiger charge is 2.28. The number of rotatable bonds is 11. The van der Waals surface area contributed by atoms with Gasteiger partial charge < -0.3 is 14.6 Å². The van der Waals surface area contributed by atoms with Crippen molar-refractivity contribution in [3.8, 4) is 22.8 Å². The highest BCUT2D eigenvalue weighted by molar-refractivity contribution is 7.09. The van der Waals surface area contributed by atoms with E-state index in [1.807, 2.05) is 52.0 Å². The largest absolute Gasteiger partial charge is 0.493 e. The number of carboxylic acid groups (broad SMARTS) is 1. The summed E-state index contributed by atoms with van der Waals surface area (Å²) in [4.78, 5) is 15.7. The van der Waals surface area contributed by atoms with Crippen LogP contribution in [0, 0.1) is 6.92 Å². The fourth-order valence-electron chi connectivity index (χ4n) is 3.86. The first-order valence-corrected chi connectivity index (χ1v) is 13.3. The molecule has 2 aromatic carbocycles. The van der Waals surface area contributed by atoms with Gasteiger partial charge in [-0.1, -0.05) is 50.8 Å². The normalized spacial score (nSPS) is 12.7. The first-order valence-electron chi connectivity index (χ1n) is 12.4. The Morgan fingerprint density at radius 1 is 1.17 bits per heavy atom. The van der Waals surface area contributed by atoms with Crippen molar-refractivity contribution >= 4 is 29.5 Å². The van der Waals surface area contributed by atoms with Crippen LogP contribution in [0.5, 0.6) is 11.5 Å². The van der Waals surface area contributed by atoms with Gasteiger partial charge in [0.2, 0.25) is 0 Å². The highest BCUT2D eigenvalue weighted by Crippen LogP contribution is 2.46. The van der Waals surface area contributed by atoms with Crippen LogP contribution < -0.4 is 9.47 Å². The maximum atomic E-state index is 10.9. The summed E-state index contributed by atoms with van der Waals surface area (Å²) in [6, 6.07) is 10.2. The fourth-order valence-corrected chi connectivity index (χ4v) is 4.65. The van der Waals surface area contributed by atoms with E-state index < -0.39 is 5.97 Å². The van der Waals surface area contributed by atoms with Gasteiger partial charge in [-0.3, -0.25) is 0 Å². The topological polar surface area (TPSA) is 68.7 Å². The molecule has 190 valence electrons. The van der Waals surface area contributed by atoms with Gasteiger partial charge in [-0.2, -0.15) is 0 Å². The van der Waals surface area contributed by atoms with Gasteiger partial charge in [0.15, 0.2) is 6.61 Å². The Hall–Kier alpha value is -3.38. The van der Waals surface area contributed by atoms with Crippen LogP contribution in [0.3, 0.4) is 0 Å². The zero-order chi connectivity index (χ0) is 26.1. The summed E-state index contributed by atoms with van der Waals surface area (Å²) in [5, 5.41) is 12.0. The monoisotopic (exact) mass is 505 g/mol. The number of hydrogen-bond donors (Lipinski definition) is 1. The van der Waals surface area contributed by atoms with E-state index in [0.29, 0.717) is 18.3 Å². The summed E-state index contributed by atoms with van der Waals surface area (Å²) in [5.74, 6) is 0.945. The van der Waals surface area contributed by atoms with Gasteiger partial charge in [0, 0.05) is 22.9 Å². The Balaban J connectivity index is 0.00000176. The molecule has 1 fully saturated rings. The number of benzene rings is 2. The van der Waals surface area contributed by atoms with Crippen LogP contribution in [0.1, 0.15) is 66.8 Å². The predicted octanol–water partition coefficient (Wildman–Crippen LogP) is 7.78. The number of aliphatic carboxylic acids is 1. The first-order chi connectivity index (χ1) is 17.5. The van der Waals surface area contributed by atoms with E-state index in [1.54, 1.807) is 11.3 Å². The molecule has 1 aliphatic rings. The smallest absolute Gasteiger partial charge is 0.341 e. The van der Waals surface area contributed by atoms with Gasteiger partial charge in [-0.15, -0.1) is 11.3 Å². The first kappa shape index (κ1) is 27.2. The van der Waals surface area contributed by atoms with Gasteiger partial charge in [0.05, 0.1) is 17.3 Å². The maximum Gasteiger partial charge on any atom is 0.341 e. The number of allylic oxidation sites excluding steroid dienone is 1. The number of aryl methyl sites for hydroxylation is 1. The van der Waals surface area contributed by atoms with E-state index in [-0.39, 0.29) is 6.61 Å². The Morgan fingerprint density at radius 3 is 2.61 bits per heavy atom. The lowest BCUT2D eigenvalue weighted by Gasteiger charge is -2.15. The number of carboxylic acids is 1. The number of ether oxygens (including phenoxy) is 2. The zero-order valence-corrected chi connectivity index (χ0v) is 22.4. The second kappa shape index (κ2) is 13.1. The minimum Gasteiger partial charge on any atom is -0.493 e. The third-order valence-electron chi connectivity index (χ3n) is 5.75.